The van der Waals surface area contributed by atoms with Crippen molar-refractivity contribution in [1.82, 2.24) is 4.90 Å². The predicted molar refractivity (Wildman–Crippen MR) is 100 cm³/mol. The van der Waals surface area contributed by atoms with Crippen LogP contribution in [-0.4, -0.2) is 23.3 Å². The summed E-state index contributed by atoms with van der Waals surface area (Å²) in [4.78, 5) is 26.6. The van der Waals surface area contributed by atoms with E-state index in [9.17, 15) is 9.59 Å². The van der Waals surface area contributed by atoms with Gasteiger partial charge in [0, 0.05) is 34.3 Å². The molecule has 1 saturated heterocycles. The van der Waals surface area contributed by atoms with Crippen LogP contribution in [0.4, 0.5) is 5.69 Å². The highest BCUT2D eigenvalue weighted by Crippen LogP contribution is 2.34. The van der Waals surface area contributed by atoms with E-state index in [4.69, 9.17) is 23.2 Å². The third-order valence-corrected chi connectivity index (χ3v) is 5.00. The Hall–Kier alpha value is -2.04. The number of halogens is 2. The highest BCUT2D eigenvalue weighted by molar-refractivity contribution is 6.35. The molecule has 1 heterocycles. The number of carbonyl (C=O) groups excluding carboxylic acids is 2. The van der Waals surface area contributed by atoms with Crippen LogP contribution in [0.1, 0.15) is 29.2 Å². The van der Waals surface area contributed by atoms with Crippen LogP contribution >= 0.6 is 23.2 Å². The van der Waals surface area contributed by atoms with Gasteiger partial charge in [-0.2, -0.15) is 0 Å². The third kappa shape index (κ3) is 3.51. The van der Waals surface area contributed by atoms with Gasteiger partial charge in [-0.05, 0) is 37.1 Å². The van der Waals surface area contributed by atoms with Gasteiger partial charge in [-0.25, -0.2) is 0 Å². The molecule has 1 fully saturated rings. The maximum atomic E-state index is 13.0. The molecule has 1 aliphatic rings. The van der Waals surface area contributed by atoms with E-state index < -0.39 is 6.04 Å². The van der Waals surface area contributed by atoms with Crippen molar-refractivity contribution in [2.24, 2.45) is 0 Å². The molecule has 1 N–H and O–H groups in total. The van der Waals surface area contributed by atoms with Crippen molar-refractivity contribution in [2.45, 2.75) is 26.3 Å². The third-order valence-electron chi connectivity index (χ3n) is 4.43. The Kier molecular flexibility index (Phi) is 5.02. The molecule has 4 nitrogen and oxygen atoms in total. The van der Waals surface area contributed by atoms with Crippen molar-refractivity contribution >= 4 is 40.7 Å². The Morgan fingerprint density at radius 1 is 1.16 bits per heavy atom. The Morgan fingerprint density at radius 2 is 1.84 bits per heavy atom. The van der Waals surface area contributed by atoms with Gasteiger partial charge in [0.1, 0.15) is 6.04 Å². The minimum Gasteiger partial charge on any atom is -0.326 e. The first-order valence-corrected chi connectivity index (χ1v) is 8.75. The van der Waals surface area contributed by atoms with Crippen LogP contribution in [0.2, 0.25) is 10.0 Å². The lowest BCUT2D eigenvalue weighted by Gasteiger charge is -2.38. The van der Waals surface area contributed by atoms with Crippen LogP contribution in [0.25, 0.3) is 0 Å². The number of nitrogens with zero attached hydrogens (tertiary/aromatic N) is 1. The predicted octanol–water partition coefficient (Wildman–Crippen LogP) is 4.52. The van der Waals surface area contributed by atoms with Crippen LogP contribution < -0.4 is 5.32 Å². The summed E-state index contributed by atoms with van der Waals surface area (Å²) in [5, 5.41) is 3.82. The fourth-order valence-electron chi connectivity index (χ4n) is 2.98. The fourth-order valence-corrected chi connectivity index (χ4v) is 3.49. The summed E-state index contributed by atoms with van der Waals surface area (Å²) in [7, 11) is 0. The molecule has 0 aromatic heterocycles. The first-order chi connectivity index (χ1) is 11.9. The van der Waals surface area contributed by atoms with Gasteiger partial charge in [0.05, 0.1) is 0 Å². The van der Waals surface area contributed by atoms with E-state index in [1.807, 2.05) is 32.0 Å². The zero-order valence-electron chi connectivity index (χ0n) is 14.0. The van der Waals surface area contributed by atoms with Crippen LogP contribution in [0.15, 0.2) is 36.4 Å². The Bertz CT molecular complexity index is 831. The molecule has 0 spiro atoms. The number of carbonyl (C=O) groups is 2. The molecule has 1 aliphatic heterocycles. The number of β-lactam (4-membered cyclic amide) rings is 1. The molecule has 0 radical (unpaired) electrons. The summed E-state index contributed by atoms with van der Waals surface area (Å²) >= 11 is 12.3. The topological polar surface area (TPSA) is 49.4 Å². The monoisotopic (exact) mass is 376 g/mol. The van der Waals surface area contributed by atoms with Crippen molar-refractivity contribution in [3.63, 3.8) is 0 Å². The van der Waals surface area contributed by atoms with Gasteiger partial charge in [0.25, 0.3) is 5.91 Å². The maximum absolute atomic E-state index is 13.0. The van der Waals surface area contributed by atoms with Gasteiger partial charge in [-0.15, -0.1) is 0 Å². The lowest BCUT2D eigenvalue weighted by Crippen LogP contribution is -2.49. The number of anilines is 1. The second kappa shape index (κ2) is 7.06. The van der Waals surface area contributed by atoms with Gasteiger partial charge >= 0.3 is 0 Å². The van der Waals surface area contributed by atoms with Crippen LogP contribution in [0.3, 0.4) is 0 Å². The first kappa shape index (κ1) is 17.8. The van der Waals surface area contributed by atoms with E-state index in [2.05, 4.69) is 5.32 Å². The van der Waals surface area contributed by atoms with Crippen LogP contribution in [-0.2, 0) is 9.59 Å². The van der Waals surface area contributed by atoms with E-state index in [0.29, 0.717) is 28.6 Å². The highest BCUT2D eigenvalue weighted by Gasteiger charge is 2.38. The molecule has 25 heavy (non-hydrogen) atoms. The standard InChI is InChI=1S/C19H18Cl2N2O2/c1-11-4-3-5-12(2)17(11)22-19(25)18(23-9-8-16(23)24)14-7-6-13(20)10-15(14)21/h3-7,10,18H,8-9H2,1-2H3,(H,22,25)/t18-/m1/s1. The molecule has 6 heteroatoms. The highest BCUT2D eigenvalue weighted by atomic mass is 35.5. The Balaban J connectivity index is 1.97. The van der Waals surface area contributed by atoms with Gasteiger partial charge in [0.2, 0.25) is 5.91 Å². The number of rotatable bonds is 4. The molecule has 1 atom stereocenters. The Labute approximate surface area is 156 Å². The van der Waals surface area contributed by atoms with E-state index in [-0.39, 0.29) is 11.8 Å². The number of hydrogen-bond acceptors (Lipinski definition) is 2. The largest absolute Gasteiger partial charge is 0.326 e. The van der Waals surface area contributed by atoms with Crippen molar-refractivity contribution in [2.75, 3.05) is 11.9 Å². The average Bonchev–Trinajstić information content (AvgIpc) is 2.55. The number of benzene rings is 2. The van der Waals surface area contributed by atoms with E-state index in [0.717, 1.165) is 16.8 Å². The number of hydrogen-bond donors (Lipinski definition) is 1. The van der Waals surface area contributed by atoms with Gasteiger partial charge in [-0.3, -0.25) is 9.59 Å². The van der Waals surface area contributed by atoms with Gasteiger partial charge < -0.3 is 10.2 Å². The van der Waals surface area contributed by atoms with E-state index >= 15 is 0 Å². The van der Waals surface area contributed by atoms with Crippen LogP contribution in [0.5, 0.6) is 0 Å². The minimum atomic E-state index is -0.773. The second-order valence-electron chi connectivity index (χ2n) is 6.16. The van der Waals surface area contributed by atoms with E-state index in [1.165, 1.54) is 4.90 Å². The average molecular weight is 377 g/mol. The molecular formula is C19H18Cl2N2O2. The van der Waals surface area contributed by atoms with Crippen LogP contribution in [0, 0.1) is 13.8 Å². The molecule has 2 aromatic rings. The SMILES string of the molecule is Cc1cccc(C)c1NC(=O)[C@@H](c1ccc(Cl)cc1Cl)N1CCC1=O. The molecule has 0 bridgehead atoms. The number of aryl methyl sites for hydroxylation is 2. The molecule has 0 aliphatic carbocycles. The number of likely N-dealkylation sites (tertiary alicyclic amines) is 1. The summed E-state index contributed by atoms with van der Waals surface area (Å²) < 4.78 is 0. The number of para-hydroxylation sites is 1. The van der Waals surface area contributed by atoms with Crippen molar-refractivity contribution in [1.29, 1.82) is 0 Å². The molecule has 0 saturated carbocycles. The lowest BCUT2D eigenvalue weighted by atomic mass is 9.99. The second-order valence-corrected chi connectivity index (χ2v) is 7.01. The minimum absolute atomic E-state index is 0.0623. The lowest BCUT2D eigenvalue weighted by molar-refractivity contribution is -0.147. The smallest absolute Gasteiger partial charge is 0.251 e. The number of nitrogens with one attached hydrogen (secondary N) is 1. The molecule has 2 amide bonds. The molecular weight excluding hydrogens is 359 g/mol. The molecule has 2 aromatic carbocycles. The van der Waals surface area contributed by atoms with Crippen molar-refractivity contribution in [3.8, 4) is 0 Å². The van der Waals surface area contributed by atoms with Gasteiger partial charge in [-0.1, -0.05) is 47.5 Å². The summed E-state index contributed by atoms with van der Waals surface area (Å²) in [5.41, 5.74) is 3.26. The molecule has 3 rings (SSSR count). The summed E-state index contributed by atoms with van der Waals surface area (Å²) in [6.45, 7) is 4.39. The van der Waals surface area contributed by atoms with Crippen molar-refractivity contribution in [3.05, 3.63) is 63.1 Å². The zero-order valence-corrected chi connectivity index (χ0v) is 15.5. The Morgan fingerprint density at radius 3 is 2.36 bits per heavy atom. The normalized spacial score (nSPS) is 14.9. The number of amides is 2. The molecule has 0 unspecified atom stereocenters. The summed E-state index contributed by atoms with van der Waals surface area (Å²) in [6, 6.07) is 9.99. The first-order valence-electron chi connectivity index (χ1n) is 8.00. The zero-order chi connectivity index (χ0) is 18.1. The quantitative estimate of drug-likeness (QED) is 0.797. The van der Waals surface area contributed by atoms with Crippen molar-refractivity contribution < 1.29 is 9.59 Å². The van der Waals surface area contributed by atoms with E-state index in [1.54, 1.807) is 18.2 Å². The fraction of sp³-hybridized carbons (Fsp3) is 0.263. The maximum Gasteiger partial charge on any atom is 0.251 e. The summed E-state index contributed by atoms with van der Waals surface area (Å²) in [6.07, 6.45) is 0.443. The van der Waals surface area contributed by atoms with Gasteiger partial charge in [0.15, 0.2) is 0 Å². The molecule has 130 valence electrons. The summed E-state index contributed by atoms with van der Waals surface area (Å²) in [5.74, 6) is -0.345.